The van der Waals surface area contributed by atoms with E-state index in [1.807, 2.05) is 19.9 Å². The van der Waals surface area contributed by atoms with Gasteiger partial charge in [0, 0.05) is 18.2 Å². The van der Waals surface area contributed by atoms with E-state index >= 15 is 0 Å². The molecule has 0 radical (unpaired) electrons. The summed E-state index contributed by atoms with van der Waals surface area (Å²) in [4.78, 5) is 23.4. The van der Waals surface area contributed by atoms with Gasteiger partial charge in [0.2, 0.25) is 0 Å². The molecule has 25 heavy (non-hydrogen) atoms. The Morgan fingerprint density at radius 2 is 2.16 bits per heavy atom. The molecular weight excluding hydrogens is 338 g/mol. The summed E-state index contributed by atoms with van der Waals surface area (Å²) in [6.45, 7) is 5.75. The van der Waals surface area contributed by atoms with Crippen molar-refractivity contribution in [1.29, 1.82) is 5.26 Å². The minimum atomic E-state index is -0.730. The Balaban J connectivity index is 2.05. The maximum atomic E-state index is 12.4. The Labute approximate surface area is 150 Å². The number of aromatic nitrogens is 3. The van der Waals surface area contributed by atoms with Crippen molar-refractivity contribution in [1.82, 2.24) is 20.3 Å². The number of benzene rings is 1. The van der Waals surface area contributed by atoms with Crippen LogP contribution in [-0.4, -0.2) is 31.8 Å². The molecule has 1 aromatic carbocycles. The number of nitrogens with one attached hydrogen (secondary N) is 1. The summed E-state index contributed by atoms with van der Waals surface area (Å²) in [7, 11) is 0. The Morgan fingerprint density at radius 3 is 2.84 bits per heavy atom. The monoisotopic (exact) mass is 357 g/mol. The molecule has 0 unspecified atom stereocenters. The molecule has 7 nitrogen and oxygen atoms in total. The van der Waals surface area contributed by atoms with Crippen LogP contribution in [0.15, 0.2) is 30.5 Å². The first-order valence-electron chi connectivity index (χ1n) is 7.68. The number of hydrogen-bond acceptors (Lipinski definition) is 6. The third-order valence-electron chi connectivity index (χ3n) is 3.48. The van der Waals surface area contributed by atoms with Crippen LogP contribution < -0.4 is 5.32 Å². The van der Waals surface area contributed by atoms with Crippen LogP contribution in [0.4, 0.5) is 0 Å². The van der Waals surface area contributed by atoms with Crippen LogP contribution in [0.3, 0.4) is 0 Å². The van der Waals surface area contributed by atoms with E-state index < -0.39 is 5.54 Å². The van der Waals surface area contributed by atoms with Gasteiger partial charge in [-0.05, 0) is 32.0 Å². The molecule has 1 N–H and O–H groups in total. The highest BCUT2D eigenvalue weighted by atomic mass is 32.2. The molecule has 0 spiro atoms. The maximum absolute atomic E-state index is 12.4. The zero-order valence-corrected chi connectivity index (χ0v) is 15.1. The van der Waals surface area contributed by atoms with Gasteiger partial charge in [-0.1, -0.05) is 23.0 Å². The summed E-state index contributed by atoms with van der Waals surface area (Å²) >= 11 is 1.23. The van der Waals surface area contributed by atoms with Gasteiger partial charge in [0.05, 0.1) is 29.9 Å². The Kier molecular flexibility index (Phi) is 5.93. The molecule has 0 atom stereocenters. The van der Waals surface area contributed by atoms with Crippen LogP contribution in [-0.2, 0) is 16.9 Å². The number of carbonyl (C=O) groups is 2. The van der Waals surface area contributed by atoms with E-state index in [4.69, 9.17) is 5.26 Å². The zero-order valence-electron chi connectivity index (χ0n) is 14.3. The molecule has 130 valence electrons. The SMILES string of the molecule is CC(=O)SCCn1cc(C(C)(C)NC(=O)c2cccc(C#N)c2)nn1. The molecule has 0 aliphatic heterocycles. The largest absolute Gasteiger partial charge is 0.341 e. The number of amides is 1. The van der Waals surface area contributed by atoms with E-state index in [9.17, 15) is 9.59 Å². The second-order valence-electron chi connectivity index (χ2n) is 5.98. The topological polar surface area (TPSA) is 101 Å². The molecule has 0 fully saturated rings. The smallest absolute Gasteiger partial charge is 0.252 e. The molecule has 0 saturated heterocycles. The van der Waals surface area contributed by atoms with Gasteiger partial charge in [-0.3, -0.25) is 14.3 Å². The van der Waals surface area contributed by atoms with E-state index in [1.165, 1.54) is 18.7 Å². The summed E-state index contributed by atoms with van der Waals surface area (Å²) < 4.78 is 1.65. The summed E-state index contributed by atoms with van der Waals surface area (Å²) in [6, 6.07) is 8.53. The van der Waals surface area contributed by atoms with Gasteiger partial charge in [0.1, 0.15) is 5.69 Å². The van der Waals surface area contributed by atoms with E-state index in [2.05, 4.69) is 15.6 Å². The van der Waals surface area contributed by atoms with E-state index in [0.717, 1.165) is 0 Å². The number of carbonyl (C=O) groups excluding carboxylic acids is 2. The molecular formula is C17H19N5O2S. The number of hydrogen-bond donors (Lipinski definition) is 1. The standard InChI is InChI=1S/C17H19N5O2S/c1-12(23)25-8-7-22-11-15(20-21-22)17(2,3)19-16(24)14-6-4-5-13(9-14)10-18/h4-6,9,11H,7-8H2,1-3H3,(H,19,24). The predicted molar refractivity (Wildman–Crippen MR) is 94.8 cm³/mol. The summed E-state index contributed by atoms with van der Waals surface area (Å²) in [5.41, 5.74) is 0.730. The molecule has 1 heterocycles. The van der Waals surface area contributed by atoms with E-state index in [1.54, 1.807) is 35.1 Å². The normalized spacial score (nSPS) is 11.0. The number of nitrogens with zero attached hydrogens (tertiary/aromatic N) is 4. The zero-order chi connectivity index (χ0) is 18.4. The average Bonchev–Trinajstić information content (AvgIpc) is 3.04. The molecule has 0 aliphatic carbocycles. The van der Waals surface area contributed by atoms with Crippen molar-refractivity contribution < 1.29 is 9.59 Å². The van der Waals surface area contributed by atoms with Gasteiger partial charge in [-0.15, -0.1) is 5.10 Å². The van der Waals surface area contributed by atoms with Crippen molar-refractivity contribution in [2.75, 3.05) is 5.75 Å². The van der Waals surface area contributed by atoms with Crippen molar-refractivity contribution in [3.63, 3.8) is 0 Å². The number of thioether (sulfide) groups is 1. The van der Waals surface area contributed by atoms with Gasteiger partial charge in [0.15, 0.2) is 5.12 Å². The Morgan fingerprint density at radius 1 is 1.40 bits per heavy atom. The van der Waals surface area contributed by atoms with Gasteiger partial charge >= 0.3 is 0 Å². The van der Waals surface area contributed by atoms with Gasteiger partial charge in [0.25, 0.3) is 5.91 Å². The third-order valence-corrected chi connectivity index (χ3v) is 4.28. The molecule has 0 aliphatic rings. The highest BCUT2D eigenvalue weighted by Crippen LogP contribution is 2.18. The molecule has 2 rings (SSSR count). The molecule has 1 aromatic heterocycles. The number of rotatable bonds is 6. The van der Waals surface area contributed by atoms with Crippen molar-refractivity contribution in [2.45, 2.75) is 32.9 Å². The number of nitriles is 1. The van der Waals surface area contributed by atoms with Crippen molar-refractivity contribution in [2.24, 2.45) is 0 Å². The first kappa shape index (κ1) is 18.7. The summed E-state index contributed by atoms with van der Waals surface area (Å²) in [5, 5.41) is 20.1. The van der Waals surface area contributed by atoms with Crippen LogP contribution in [0, 0.1) is 11.3 Å². The van der Waals surface area contributed by atoms with Crippen LogP contribution in [0.5, 0.6) is 0 Å². The Bertz CT molecular complexity index is 822. The van der Waals surface area contributed by atoms with Gasteiger partial charge in [-0.25, -0.2) is 0 Å². The molecule has 8 heteroatoms. The predicted octanol–water partition coefficient (Wildman–Crippen LogP) is 2.09. The second-order valence-corrected chi connectivity index (χ2v) is 7.25. The van der Waals surface area contributed by atoms with Crippen molar-refractivity contribution in [3.8, 4) is 6.07 Å². The lowest BCUT2D eigenvalue weighted by atomic mass is 10.0. The first-order chi connectivity index (χ1) is 11.8. The van der Waals surface area contributed by atoms with Crippen LogP contribution in [0.25, 0.3) is 0 Å². The van der Waals surface area contributed by atoms with Crippen LogP contribution in [0.2, 0.25) is 0 Å². The molecule has 0 saturated carbocycles. The first-order valence-corrected chi connectivity index (χ1v) is 8.67. The van der Waals surface area contributed by atoms with Crippen molar-refractivity contribution in [3.05, 3.63) is 47.3 Å². The fourth-order valence-corrected chi connectivity index (χ4v) is 2.69. The van der Waals surface area contributed by atoms with E-state index in [-0.39, 0.29) is 11.0 Å². The highest BCUT2D eigenvalue weighted by Gasteiger charge is 2.27. The highest BCUT2D eigenvalue weighted by molar-refractivity contribution is 8.13. The fourth-order valence-electron chi connectivity index (χ4n) is 2.13. The number of aryl methyl sites for hydroxylation is 1. The maximum Gasteiger partial charge on any atom is 0.252 e. The minimum Gasteiger partial charge on any atom is -0.341 e. The minimum absolute atomic E-state index is 0.0625. The van der Waals surface area contributed by atoms with E-state index in [0.29, 0.717) is 29.1 Å². The lowest BCUT2D eigenvalue weighted by Gasteiger charge is -2.23. The quantitative estimate of drug-likeness (QED) is 0.849. The van der Waals surface area contributed by atoms with Crippen LogP contribution >= 0.6 is 11.8 Å². The second kappa shape index (κ2) is 7.94. The Hall–Kier alpha value is -2.66. The van der Waals surface area contributed by atoms with Gasteiger partial charge in [-0.2, -0.15) is 5.26 Å². The molecule has 0 bridgehead atoms. The lowest BCUT2D eigenvalue weighted by molar-refractivity contribution is -0.109. The molecule has 1 amide bonds. The average molecular weight is 357 g/mol. The fraction of sp³-hybridized carbons (Fsp3) is 0.353. The third kappa shape index (κ3) is 5.16. The lowest BCUT2D eigenvalue weighted by Crippen LogP contribution is -2.41. The summed E-state index contributed by atoms with van der Waals surface area (Å²) in [5.74, 6) is 0.329. The van der Waals surface area contributed by atoms with Crippen LogP contribution in [0.1, 0.15) is 42.4 Å². The molecule has 2 aromatic rings. The van der Waals surface area contributed by atoms with Crippen molar-refractivity contribution >= 4 is 22.8 Å². The van der Waals surface area contributed by atoms with Gasteiger partial charge < -0.3 is 5.32 Å². The summed E-state index contributed by atoms with van der Waals surface area (Å²) in [6.07, 6.45) is 1.76.